The molecule has 0 aliphatic carbocycles. The van der Waals surface area contributed by atoms with Gasteiger partial charge in [-0.3, -0.25) is 0 Å². The summed E-state index contributed by atoms with van der Waals surface area (Å²) in [6.07, 6.45) is -3.29. The van der Waals surface area contributed by atoms with E-state index in [2.05, 4.69) is 24.2 Å². The Hall–Kier alpha value is 0.430. The molecule has 0 spiro atoms. The zero-order valence-corrected chi connectivity index (χ0v) is 4.57. The molecular weight excluding hydrogens is 149 g/mol. The van der Waals surface area contributed by atoms with Crippen molar-refractivity contribution >= 4 is 24.2 Å². The lowest BCUT2D eigenvalue weighted by Gasteiger charge is -2.04. The molecule has 0 bridgehead atoms. The molecule has 0 aliphatic rings. The van der Waals surface area contributed by atoms with Crippen LogP contribution in [0.4, 0.5) is 13.2 Å². The van der Waals surface area contributed by atoms with Crippen LogP contribution in [0.5, 0.6) is 0 Å². The van der Waals surface area contributed by atoms with Crippen LogP contribution in [0.15, 0.2) is 0 Å². The quantitative estimate of drug-likeness (QED) is 0.502. The van der Waals surface area contributed by atoms with E-state index in [0.717, 1.165) is 0 Å². The van der Waals surface area contributed by atoms with Crippen LogP contribution in [-0.2, 0) is 0 Å². The second-order valence-corrected chi connectivity index (χ2v) is 2.23. The van der Waals surface area contributed by atoms with Crippen LogP contribution >= 0.6 is 24.2 Å². The number of halogens is 4. The van der Waals surface area contributed by atoms with Gasteiger partial charge in [-0.1, -0.05) is 11.6 Å². The first kappa shape index (κ1) is 7.43. The highest BCUT2D eigenvalue weighted by atomic mass is 35.5. The highest BCUT2D eigenvalue weighted by Gasteiger charge is 2.34. The summed E-state index contributed by atoms with van der Waals surface area (Å²) in [6.45, 7) is 0. The second kappa shape index (κ2) is 2.13. The van der Waals surface area contributed by atoms with E-state index >= 15 is 0 Å². The first-order valence-corrected chi connectivity index (χ1v) is 2.09. The Morgan fingerprint density at radius 2 is 1.71 bits per heavy atom. The minimum Gasteiger partial charge on any atom is -0.206 e. The van der Waals surface area contributed by atoms with Gasteiger partial charge in [-0.05, 0) is 12.6 Å². The molecule has 0 aromatic carbocycles. The third-order valence-electron chi connectivity index (χ3n) is 0.254. The molecule has 0 saturated carbocycles. The van der Waals surface area contributed by atoms with Crippen LogP contribution in [-0.4, -0.2) is 10.9 Å². The van der Waals surface area contributed by atoms with Gasteiger partial charge in [0.25, 0.3) is 10.9 Å². The first-order valence-electron chi connectivity index (χ1n) is 1.31. The lowest BCUT2D eigenvalue weighted by Crippen LogP contribution is -2.15. The van der Waals surface area contributed by atoms with Crippen molar-refractivity contribution < 1.29 is 13.2 Å². The Morgan fingerprint density at radius 3 is 1.71 bits per heavy atom. The summed E-state index contributed by atoms with van der Waals surface area (Å²) >= 11 is 7.72. The van der Waals surface area contributed by atoms with Crippen molar-refractivity contribution in [3.05, 3.63) is 0 Å². The summed E-state index contributed by atoms with van der Waals surface area (Å²) in [5.74, 6) is 0. The normalized spacial score (nSPS) is 19.7. The fourth-order valence-electron chi connectivity index (χ4n) is 0. The number of rotatable bonds is 1. The van der Waals surface area contributed by atoms with Gasteiger partial charge in [0.2, 0.25) is 0 Å². The highest BCUT2D eigenvalue weighted by Crippen LogP contribution is 2.28. The van der Waals surface area contributed by atoms with E-state index in [1.165, 1.54) is 0 Å². The SMILES string of the molecule is FC(F)C(F)([S])Cl. The maximum absolute atomic E-state index is 11.3. The van der Waals surface area contributed by atoms with Gasteiger partial charge in [-0.2, -0.15) is 0 Å². The molecule has 43 valence electrons. The molecule has 0 aromatic rings. The first-order chi connectivity index (χ1) is 2.94. The maximum Gasteiger partial charge on any atom is 0.299 e. The van der Waals surface area contributed by atoms with Gasteiger partial charge in [0.1, 0.15) is 0 Å². The van der Waals surface area contributed by atoms with Crippen molar-refractivity contribution in [1.29, 1.82) is 0 Å². The largest absolute Gasteiger partial charge is 0.299 e. The predicted molar refractivity (Wildman–Crippen MR) is 23.3 cm³/mol. The van der Waals surface area contributed by atoms with Crippen molar-refractivity contribution in [3.8, 4) is 0 Å². The van der Waals surface area contributed by atoms with E-state index in [1.54, 1.807) is 0 Å². The molecule has 0 N–H and O–H groups in total. The summed E-state index contributed by atoms with van der Waals surface area (Å²) in [5, 5.41) is 0. The lowest BCUT2D eigenvalue weighted by atomic mass is 10.8. The summed E-state index contributed by atoms with van der Waals surface area (Å²) in [4.78, 5) is 0. The van der Waals surface area contributed by atoms with E-state index < -0.39 is 10.9 Å². The van der Waals surface area contributed by atoms with Crippen LogP contribution in [0.3, 0.4) is 0 Å². The average molecular weight is 150 g/mol. The van der Waals surface area contributed by atoms with Crippen LogP contribution in [0.1, 0.15) is 0 Å². The van der Waals surface area contributed by atoms with Crippen LogP contribution < -0.4 is 0 Å². The molecule has 0 rings (SSSR count). The van der Waals surface area contributed by atoms with Crippen molar-refractivity contribution in [2.75, 3.05) is 0 Å². The molecule has 1 unspecified atom stereocenters. The zero-order chi connectivity index (χ0) is 6.08. The third kappa shape index (κ3) is 3.05. The Balaban J connectivity index is 3.54. The van der Waals surface area contributed by atoms with Crippen LogP contribution in [0.25, 0.3) is 0 Å². The van der Waals surface area contributed by atoms with Gasteiger partial charge in [-0.15, -0.1) is 0 Å². The summed E-state index contributed by atoms with van der Waals surface area (Å²) < 4.78 is 29.9. The van der Waals surface area contributed by atoms with Crippen molar-refractivity contribution in [2.24, 2.45) is 0 Å². The fraction of sp³-hybridized carbons (Fsp3) is 1.00. The molecule has 0 nitrogen and oxygen atoms in total. The molecule has 0 saturated heterocycles. The van der Waals surface area contributed by atoms with Gasteiger partial charge in [-0.25, -0.2) is 13.2 Å². The molecule has 7 heavy (non-hydrogen) atoms. The number of hydrogen-bond acceptors (Lipinski definition) is 0. The monoisotopic (exact) mass is 149 g/mol. The van der Waals surface area contributed by atoms with Crippen molar-refractivity contribution in [3.63, 3.8) is 0 Å². The third-order valence-corrected chi connectivity index (χ3v) is 0.597. The molecule has 0 aliphatic heterocycles. The molecule has 1 radical (unpaired) electrons. The summed E-state index contributed by atoms with van der Waals surface area (Å²) in [5.41, 5.74) is 0. The van der Waals surface area contributed by atoms with Gasteiger partial charge in [0, 0.05) is 0 Å². The molecule has 0 aromatic heterocycles. The lowest BCUT2D eigenvalue weighted by molar-refractivity contribution is 0.0749. The maximum atomic E-state index is 11.3. The summed E-state index contributed by atoms with van der Waals surface area (Å²) in [6, 6.07) is 0. The highest BCUT2D eigenvalue weighted by molar-refractivity contribution is 7.83. The molecule has 1 atom stereocenters. The fourth-order valence-corrected chi connectivity index (χ4v) is 0. The minimum atomic E-state index is -3.29. The molecule has 5 heteroatoms. The van der Waals surface area contributed by atoms with Crippen molar-refractivity contribution in [1.82, 2.24) is 0 Å². The second-order valence-electron chi connectivity index (χ2n) is 0.862. The van der Waals surface area contributed by atoms with Gasteiger partial charge in [0.15, 0.2) is 0 Å². The predicted octanol–water partition coefficient (Wildman–Crippen LogP) is 2.31. The van der Waals surface area contributed by atoms with Gasteiger partial charge in [0.05, 0.1) is 0 Å². The smallest absolute Gasteiger partial charge is 0.206 e. The molecule has 0 fully saturated rings. The van der Waals surface area contributed by atoms with Crippen molar-refractivity contribution in [2.45, 2.75) is 10.9 Å². The Kier molecular flexibility index (Phi) is 2.26. The van der Waals surface area contributed by atoms with E-state index in [1.807, 2.05) is 0 Å². The van der Waals surface area contributed by atoms with E-state index in [9.17, 15) is 13.2 Å². The van der Waals surface area contributed by atoms with Gasteiger partial charge >= 0.3 is 0 Å². The zero-order valence-electron chi connectivity index (χ0n) is 3.00. The average Bonchev–Trinajstić information content (AvgIpc) is 1.31. The number of alkyl halides is 4. The van der Waals surface area contributed by atoms with Crippen LogP contribution in [0, 0.1) is 0 Å². The minimum absolute atomic E-state index is 3.28. The van der Waals surface area contributed by atoms with Gasteiger partial charge < -0.3 is 0 Å². The Labute approximate surface area is 49.1 Å². The molecule has 0 heterocycles. The standard InChI is InChI=1S/C2HClF3S/c3-2(6,7)1(4)5/h1H. The van der Waals surface area contributed by atoms with E-state index in [0.29, 0.717) is 0 Å². The van der Waals surface area contributed by atoms with E-state index in [4.69, 9.17) is 0 Å². The Morgan fingerprint density at radius 1 is 1.57 bits per heavy atom. The molecular formula is C2HClF3S. The van der Waals surface area contributed by atoms with E-state index in [-0.39, 0.29) is 0 Å². The topological polar surface area (TPSA) is 0 Å². The Bertz CT molecular complexity index is 58.4. The number of hydrogen-bond donors (Lipinski definition) is 0. The molecule has 0 amide bonds. The van der Waals surface area contributed by atoms with Crippen LogP contribution in [0.2, 0.25) is 0 Å². The summed E-state index contributed by atoms with van der Waals surface area (Å²) in [7, 11) is 0.